The van der Waals surface area contributed by atoms with Crippen LogP contribution >= 0.6 is 0 Å². The monoisotopic (exact) mass is 452 g/mol. The predicted octanol–water partition coefficient (Wildman–Crippen LogP) is 3.41. The molecule has 0 fully saturated rings. The minimum absolute atomic E-state index is 0.164. The molecule has 0 spiro atoms. The standard InChI is InChI=1S/C26H20N4O4/c1-18-28-23-10-6-5-9-22(23)25(32)30(18)21-13-11-19(12-14-21)26(33)34-17-24(31)29(16-15-27)20-7-3-2-4-8-20/h2-14H,16-17H2,1H3. The Morgan fingerprint density at radius 2 is 1.68 bits per heavy atom. The zero-order valence-corrected chi connectivity index (χ0v) is 18.3. The van der Waals surface area contributed by atoms with Crippen LogP contribution in [0.25, 0.3) is 16.6 Å². The van der Waals surface area contributed by atoms with Crippen LogP contribution < -0.4 is 10.5 Å². The van der Waals surface area contributed by atoms with Crippen molar-refractivity contribution in [3.8, 4) is 11.8 Å². The molecule has 8 heteroatoms. The fourth-order valence-corrected chi connectivity index (χ4v) is 3.59. The van der Waals surface area contributed by atoms with Crippen LogP contribution in [0.2, 0.25) is 0 Å². The molecule has 3 aromatic carbocycles. The van der Waals surface area contributed by atoms with Crippen LogP contribution in [0.3, 0.4) is 0 Å². The molecule has 34 heavy (non-hydrogen) atoms. The Balaban J connectivity index is 1.49. The quantitative estimate of drug-likeness (QED) is 0.328. The lowest BCUT2D eigenvalue weighted by molar-refractivity contribution is -0.121. The van der Waals surface area contributed by atoms with Crippen molar-refractivity contribution in [2.45, 2.75) is 6.92 Å². The zero-order chi connectivity index (χ0) is 24.1. The summed E-state index contributed by atoms with van der Waals surface area (Å²) >= 11 is 0. The van der Waals surface area contributed by atoms with Crippen LogP contribution in [0.4, 0.5) is 5.69 Å². The molecule has 1 amide bonds. The third kappa shape index (κ3) is 4.54. The molecular weight excluding hydrogens is 432 g/mol. The number of carbonyl (C=O) groups excluding carboxylic acids is 2. The molecule has 8 nitrogen and oxygen atoms in total. The van der Waals surface area contributed by atoms with Gasteiger partial charge in [-0.25, -0.2) is 9.78 Å². The third-order valence-electron chi connectivity index (χ3n) is 5.23. The second-order valence-electron chi connectivity index (χ2n) is 7.41. The van der Waals surface area contributed by atoms with Crippen molar-refractivity contribution in [3.63, 3.8) is 0 Å². The highest BCUT2D eigenvalue weighted by atomic mass is 16.5. The Morgan fingerprint density at radius 1 is 1.00 bits per heavy atom. The number of aromatic nitrogens is 2. The Hall–Kier alpha value is -4.77. The lowest BCUT2D eigenvalue weighted by Gasteiger charge is -2.19. The van der Waals surface area contributed by atoms with Gasteiger partial charge in [0.2, 0.25) is 0 Å². The first kappa shape index (κ1) is 22.4. The largest absolute Gasteiger partial charge is 0.452 e. The van der Waals surface area contributed by atoms with Gasteiger partial charge in [-0.1, -0.05) is 30.3 Å². The van der Waals surface area contributed by atoms with Gasteiger partial charge in [-0.05, 0) is 55.5 Å². The number of para-hydroxylation sites is 2. The van der Waals surface area contributed by atoms with E-state index in [0.29, 0.717) is 28.1 Å². The van der Waals surface area contributed by atoms with Gasteiger partial charge in [0.1, 0.15) is 12.4 Å². The molecule has 0 saturated heterocycles. The Labute approximate surface area is 195 Å². The number of aryl methyl sites for hydroxylation is 1. The van der Waals surface area contributed by atoms with Crippen molar-refractivity contribution in [2.24, 2.45) is 0 Å². The molecule has 0 aliphatic heterocycles. The minimum atomic E-state index is -0.689. The molecule has 0 aliphatic carbocycles. The van der Waals surface area contributed by atoms with E-state index in [1.807, 2.05) is 12.1 Å². The highest BCUT2D eigenvalue weighted by molar-refractivity contribution is 5.97. The van der Waals surface area contributed by atoms with Crippen molar-refractivity contribution < 1.29 is 14.3 Å². The van der Waals surface area contributed by atoms with Crippen LogP contribution in [-0.2, 0) is 9.53 Å². The number of rotatable bonds is 6. The summed E-state index contributed by atoms with van der Waals surface area (Å²) in [6.07, 6.45) is 0. The van der Waals surface area contributed by atoms with Crippen LogP contribution in [0.15, 0.2) is 83.7 Å². The lowest BCUT2D eigenvalue weighted by atomic mass is 10.2. The lowest BCUT2D eigenvalue weighted by Crippen LogP contribution is -2.35. The van der Waals surface area contributed by atoms with Crippen molar-refractivity contribution in [3.05, 3.63) is 101 Å². The fraction of sp³-hybridized carbons (Fsp3) is 0.115. The van der Waals surface area contributed by atoms with Gasteiger partial charge in [0.15, 0.2) is 6.61 Å². The molecule has 0 saturated carbocycles. The van der Waals surface area contributed by atoms with Crippen LogP contribution in [0, 0.1) is 18.3 Å². The Morgan fingerprint density at radius 3 is 2.38 bits per heavy atom. The van der Waals surface area contributed by atoms with Crippen molar-refractivity contribution in [1.82, 2.24) is 9.55 Å². The fourth-order valence-electron chi connectivity index (χ4n) is 3.59. The highest BCUT2D eigenvalue weighted by Crippen LogP contribution is 2.15. The first-order valence-corrected chi connectivity index (χ1v) is 10.5. The smallest absolute Gasteiger partial charge is 0.338 e. The minimum Gasteiger partial charge on any atom is -0.452 e. The van der Waals surface area contributed by atoms with Gasteiger partial charge in [-0.15, -0.1) is 0 Å². The van der Waals surface area contributed by atoms with E-state index in [-0.39, 0.29) is 17.7 Å². The van der Waals surface area contributed by atoms with Gasteiger partial charge in [-0.3, -0.25) is 19.1 Å². The number of fused-ring (bicyclic) bond motifs is 1. The molecule has 1 aromatic heterocycles. The second kappa shape index (κ2) is 9.79. The van der Waals surface area contributed by atoms with E-state index in [2.05, 4.69) is 4.98 Å². The maximum absolute atomic E-state index is 12.9. The summed E-state index contributed by atoms with van der Waals surface area (Å²) in [6.45, 7) is 1.06. The van der Waals surface area contributed by atoms with E-state index in [0.717, 1.165) is 0 Å². The van der Waals surface area contributed by atoms with Crippen LogP contribution in [0.5, 0.6) is 0 Å². The molecule has 4 rings (SSSR count). The maximum atomic E-state index is 12.9. The second-order valence-corrected chi connectivity index (χ2v) is 7.41. The number of anilines is 1. The van der Waals surface area contributed by atoms with E-state index < -0.39 is 18.5 Å². The van der Waals surface area contributed by atoms with E-state index >= 15 is 0 Å². The molecule has 0 N–H and O–H groups in total. The summed E-state index contributed by atoms with van der Waals surface area (Å²) in [4.78, 5) is 43.7. The number of nitriles is 1. The van der Waals surface area contributed by atoms with E-state index in [4.69, 9.17) is 10.00 Å². The first-order chi connectivity index (χ1) is 16.5. The topological polar surface area (TPSA) is 105 Å². The first-order valence-electron chi connectivity index (χ1n) is 10.5. The number of benzene rings is 3. The van der Waals surface area contributed by atoms with Gasteiger partial charge in [0.25, 0.3) is 11.5 Å². The Bertz CT molecular complexity index is 1450. The Kier molecular flexibility index (Phi) is 6.46. The number of ether oxygens (including phenoxy) is 1. The molecule has 0 atom stereocenters. The van der Waals surface area contributed by atoms with Crippen LogP contribution in [0.1, 0.15) is 16.2 Å². The van der Waals surface area contributed by atoms with Gasteiger partial charge >= 0.3 is 5.97 Å². The molecular formula is C26H20N4O4. The average Bonchev–Trinajstić information content (AvgIpc) is 2.86. The van der Waals surface area contributed by atoms with Gasteiger partial charge < -0.3 is 4.74 Å². The summed E-state index contributed by atoms with van der Waals surface area (Å²) in [6, 6.07) is 24.0. The van der Waals surface area contributed by atoms with E-state index in [1.165, 1.54) is 21.6 Å². The molecule has 0 unspecified atom stereocenters. The molecule has 0 bridgehead atoms. The number of amides is 1. The number of hydrogen-bond acceptors (Lipinski definition) is 6. The zero-order valence-electron chi connectivity index (χ0n) is 18.3. The number of carbonyl (C=O) groups is 2. The SMILES string of the molecule is Cc1nc2ccccc2c(=O)n1-c1ccc(C(=O)OCC(=O)N(CC#N)c2ccccc2)cc1. The van der Waals surface area contributed by atoms with Gasteiger partial charge in [-0.2, -0.15) is 5.26 Å². The summed E-state index contributed by atoms with van der Waals surface area (Å²) in [5.74, 6) is -0.684. The summed E-state index contributed by atoms with van der Waals surface area (Å²) < 4.78 is 6.64. The van der Waals surface area contributed by atoms with Crippen LogP contribution in [-0.4, -0.2) is 34.6 Å². The van der Waals surface area contributed by atoms with E-state index in [9.17, 15) is 14.4 Å². The molecule has 168 valence electrons. The normalized spacial score (nSPS) is 10.5. The molecule has 0 radical (unpaired) electrons. The molecule has 4 aromatic rings. The number of hydrogen-bond donors (Lipinski definition) is 0. The summed E-state index contributed by atoms with van der Waals surface area (Å²) in [5.41, 5.74) is 1.73. The summed E-state index contributed by atoms with van der Waals surface area (Å²) in [7, 11) is 0. The van der Waals surface area contributed by atoms with Crippen molar-refractivity contribution in [1.29, 1.82) is 5.26 Å². The predicted molar refractivity (Wildman–Crippen MR) is 127 cm³/mol. The molecule has 1 heterocycles. The van der Waals surface area contributed by atoms with Crippen molar-refractivity contribution in [2.75, 3.05) is 18.1 Å². The average molecular weight is 452 g/mol. The maximum Gasteiger partial charge on any atom is 0.338 e. The number of nitrogens with zero attached hydrogens (tertiary/aromatic N) is 4. The molecule has 0 aliphatic rings. The third-order valence-corrected chi connectivity index (χ3v) is 5.23. The number of esters is 1. The van der Waals surface area contributed by atoms with Gasteiger partial charge in [0.05, 0.1) is 28.2 Å². The van der Waals surface area contributed by atoms with Gasteiger partial charge in [0, 0.05) is 5.69 Å². The van der Waals surface area contributed by atoms with Crippen molar-refractivity contribution >= 4 is 28.5 Å². The highest BCUT2D eigenvalue weighted by Gasteiger charge is 2.18. The van der Waals surface area contributed by atoms with E-state index in [1.54, 1.807) is 67.6 Å². The summed E-state index contributed by atoms with van der Waals surface area (Å²) in [5, 5.41) is 9.54.